The van der Waals surface area contributed by atoms with Gasteiger partial charge in [-0.15, -0.1) is 0 Å². The SMILES string of the molecule is CCNC(=NCc1ccc(-n2ccnc2)c(F)c1)NCC(CC(C)C)N1CCOCC1. The van der Waals surface area contributed by atoms with Gasteiger partial charge in [0.15, 0.2) is 5.96 Å². The van der Waals surface area contributed by atoms with Gasteiger partial charge in [-0.3, -0.25) is 4.90 Å². The van der Waals surface area contributed by atoms with E-state index in [9.17, 15) is 4.39 Å². The van der Waals surface area contributed by atoms with E-state index in [-0.39, 0.29) is 5.82 Å². The monoisotopic (exact) mass is 430 g/mol. The maximum atomic E-state index is 14.5. The molecule has 1 fully saturated rings. The van der Waals surface area contributed by atoms with Crippen LogP contribution in [0.1, 0.15) is 32.8 Å². The van der Waals surface area contributed by atoms with Crippen LogP contribution in [0.15, 0.2) is 41.9 Å². The van der Waals surface area contributed by atoms with Crippen LogP contribution in [-0.2, 0) is 11.3 Å². The van der Waals surface area contributed by atoms with Crippen LogP contribution in [-0.4, -0.2) is 65.8 Å². The molecule has 1 aromatic heterocycles. The van der Waals surface area contributed by atoms with E-state index in [1.807, 2.05) is 13.0 Å². The molecule has 2 N–H and O–H groups in total. The number of nitrogens with zero attached hydrogens (tertiary/aromatic N) is 4. The number of hydrogen-bond donors (Lipinski definition) is 2. The van der Waals surface area contributed by atoms with Crippen molar-refractivity contribution in [1.29, 1.82) is 0 Å². The van der Waals surface area contributed by atoms with Crippen LogP contribution >= 0.6 is 0 Å². The highest BCUT2D eigenvalue weighted by Gasteiger charge is 2.22. The molecule has 0 saturated carbocycles. The Balaban J connectivity index is 1.63. The minimum absolute atomic E-state index is 0.284. The first kappa shape index (κ1) is 23.2. The molecule has 31 heavy (non-hydrogen) atoms. The topological polar surface area (TPSA) is 66.7 Å². The first-order valence-corrected chi connectivity index (χ1v) is 11.2. The van der Waals surface area contributed by atoms with Gasteiger partial charge in [0, 0.05) is 44.6 Å². The minimum atomic E-state index is -0.284. The summed E-state index contributed by atoms with van der Waals surface area (Å²) in [6, 6.07) is 5.64. The molecule has 2 aromatic rings. The summed E-state index contributed by atoms with van der Waals surface area (Å²) in [5.41, 5.74) is 1.31. The maximum Gasteiger partial charge on any atom is 0.191 e. The number of ether oxygens (including phenoxy) is 1. The van der Waals surface area contributed by atoms with Crippen LogP contribution in [0.25, 0.3) is 5.69 Å². The Bertz CT molecular complexity index is 817. The van der Waals surface area contributed by atoms with E-state index < -0.39 is 0 Å². The number of guanidine groups is 1. The van der Waals surface area contributed by atoms with E-state index in [4.69, 9.17) is 4.74 Å². The molecule has 0 bridgehead atoms. The van der Waals surface area contributed by atoms with Crippen molar-refractivity contribution < 1.29 is 9.13 Å². The lowest BCUT2D eigenvalue weighted by atomic mass is 10.0. The highest BCUT2D eigenvalue weighted by molar-refractivity contribution is 5.79. The van der Waals surface area contributed by atoms with Crippen LogP contribution in [0, 0.1) is 11.7 Å². The molecule has 3 rings (SSSR count). The van der Waals surface area contributed by atoms with Gasteiger partial charge in [0.05, 0.1) is 31.8 Å². The lowest BCUT2D eigenvalue weighted by Gasteiger charge is -2.35. The summed E-state index contributed by atoms with van der Waals surface area (Å²) in [4.78, 5) is 11.2. The van der Waals surface area contributed by atoms with Crippen LogP contribution in [0.3, 0.4) is 0 Å². The molecular formula is C23H35FN6O. The van der Waals surface area contributed by atoms with Gasteiger partial charge in [0.2, 0.25) is 0 Å². The summed E-state index contributed by atoms with van der Waals surface area (Å²) in [6.07, 6.45) is 6.07. The zero-order valence-electron chi connectivity index (χ0n) is 18.9. The van der Waals surface area contributed by atoms with Gasteiger partial charge in [-0.25, -0.2) is 14.4 Å². The molecule has 7 nitrogen and oxygen atoms in total. The van der Waals surface area contributed by atoms with E-state index in [1.165, 1.54) is 6.07 Å². The van der Waals surface area contributed by atoms with Crippen molar-refractivity contribution in [3.63, 3.8) is 0 Å². The smallest absolute Gasteiger partial charge is 0.191 e. The number of benzene rings is 1. The summed E-state index contributed by atoms with van der Waals surface area (Å²) in [7, 11) is 0. The summed E-state index contributed by atoms with van der Waals surface area (Å²) in [5, 5.41) is 6.79. The normalized spacial score (nSPS) is 16.5. The highest BCUT2D eigenvalue weighted by Crippen LogP contribution is 2.16. The Morgan fingerprint density at radius 3 is 2.71 bits per heavy atom. The fourth-order valence-corrected chi connectivity index (χ4v) is 3.83. The first-order valence-electron chi connectivity index (χ1n) is 11.2. The highest BCUT2D eigenvalue weighted by atomic mass is 19.1. The molecule has 1 aromatic carbocycles. The van der Waals surface area contributed by atoms with Crippen molar-refractivity contribution in [1.82, 2.24) is 25.1 Å². The molecule has 8 heteroatoms. The fourth-order valence-electron chi connectivity index (χ4n) is 3.83. The molecule has 2 heterocycles. The van der Waals surface area contributed by atoms with Crippen molar-refractivity contribution in [2.75, 3.05) is 39.4 Å². The van der Waals surface area contributed by atoms with Crippen LogP contribution < -0.4 is 10.6 Å². The second-order valence-electron chi connectivity index (χ2n) is 8.26. The molecule has 0 radical (unpaired) electrons. The summed E-state index contributed by atoms with van der Waals surface area (Å²) in [6.45, 7) is 12.1. The number of imidazole rings is 1. The van der Waals surface area contributed by atoms with Gasteiger partial charge in [0.1, 0.15) is 5.82 Å². The van der Waals surface area contributed by atoms with Gasteiger partial charge in [-0.2, -0.15) is 0 Å². The van der Waals surface area contributed by atoms with Gasteiger partial charge in [-0.1, -0.05) is 19.9 Å². The zero-order valence-corrected chi connectivity index (χ0v) is 18.9. The molecule has 0 spiro atoms. The molecule has 1 saturated heterocycles. The molecule has 0 amide bonds. The van der Waals surface area contributed by atoms with Crippen LogP contribution in [0.2, 0.25) is 0 Å². The number of hydrogen-bond acceptors (Lipinski definition) is 4. The summed E-state index contributed by atoms with van der Waals surface area (Å²) < 4.78 is 21.7. The lowest BCUT2D eigenvalue weighted by Crippen LogP contribution is -2.51. The quantitative estimate of drug-likeness (QED) is 0.473. The molecule has 170 valence electrons. The maximum absolute atomic E-state index is 14.5. The van der Waals surface area contributed by atoms with Gasteiger partial charge >= 0.3 is 0 Å². The van der Waals surface area contributed by atoms with Crippen molar-refractivity contribution in [3.05, 3.63) is 48.3 Å². The third-order valence-corrected chi connectivity index (χ3v) is 5.37. The number of halogens is 1. The van der Waals surface area contributed by atoms with Crippen LogP contribution in [0.4, 0.5) is 4.39 Å². The van der Waals surface area contributed by atoms with E-state index in [1.54, 1.807) is 29.4 Å². The molecule has 1 unspecified atom stereocenters. The third-order valence-electron chi connectivity index (χ3n) is 5.37. The third kappa shape index (κ3) is 7.04. The predicted molar refractivity (Wildman–Crippen MR) is 122 cm³/mol. The minimum Gasteiger partial charge on any atom is -0.379 e. The van der Waals surface area contributed by atoms with E-state index in [2.05, 4.69) is 39.4 Å². The number of aliphatic imine (C=N–C) groups is 1. The number of nitrogens with one attached hydrogen (secondary N) is 2. The zero-order chi connectivity index (χ0) is 22.1. The average molecular weight is 431 g/mol. The Kier molecular flexibility index (Phi) is 8.85. The number of rotatable bonds is 9. The largest absolute Gasteiger partial charge is 0.379 e. The number of morpholine rings is 1. The van der Waals surface area contributed by atoms with Crippen molar-refractivity contribution >= 4 is 5.96 Å². The summed E-state index contributed by atoms with van der Waals surface area (Å²) >= 11 is 0. The standard InChI is InChI=1S/C23H35FN6O/c1-4-26-23(28-16-20(13-18(2)3)29-9-11-31-12-10-29)27-15-19-5-6-22(21(24)14-19)30-8-7-25-17-30/h5-8,14,17-18,20H,4,9-13,15-16H2,1-3H3,(H2,26,27,28). The fraction of sp³-hybridized carbons (Fsp3) is 0.565. The molecule has 1 atom stereocenters. The Morgan fingerprint density at radius 1 is 1.26 bits per heavy atom. The van der Waals surface area contributed by atoms with Gasteiger partial charge in [0.25, 0.3) is 0 Å². The second-order valence-corrected chi connectivity index (χ2v) is 8.26. The Hall–Kier alpha value is -2.45. The van der Waals surface area contributed by atoms with Crippen molar-refractivity contribution in [2.45, 2.75) is 39.8 Å². The summed E-state index contributed by atoms with van der Waals surface area (Å²) in [5.74, 6) is 1.09. The first-order chi connectivity index (χ1) is 15.1. The average Bonchev–Trinajstić information content (AvgIpc) is 3.29. The molecular weight excluding hydrogens is 395 g/mol. The van der Waals surface area contributed by atoms with E-state index >= 15 is 0 Å². The van der Waals surface area contributed by atoms with Crippen LogP contribution in [0.5, 0.6) is 0 Å². The van der Waals surface area contributed by atoms with E-state index in [0.29, 0.717) is 24.2 Å². The Labute approximate surface area is 184 Å². The predicted octanol–water partition coefficient (Wildman–Crippen LogP) is 2.81. The van der Waals surface area contributed by atoms with Gasteiger partial charge < -0.3 is 19.9 Å². The van der Waals surface area contributed by atoms with Gasteiger partial charge in [-0.05, 0) is 37.0 Å². The molecule has 0 aliphatic carbocycles. The second kappa shape index (κ2) is 11.8. The Morgan fingerprint density at radius 2 is 2.06 bits per heavy atom. The lowest BCUT2D eigenvalue weighted by molar-refractivity contribution is 0.0132. The van der Waals surface area contributed by atoms with Crippen molar-refractivity contribution in [2.24, 2.45) is 10.9 Å². The van der Waals surface area contributed by atoms with Crippen molar-refractivity contribution in [3.8, 4) is 5.69 Å². The molecule has 1 aliphatic rings. The van der Waals surface area contributed by atoms with E-state index in [0.717, 1.165) is 57.3 Å². The molecule has 1 aliphatic heterocycles. The number of aromatic nitrogens is 2.